The van der Waals surface area contributed by atoms with Gasteiger partial charge in [-0.3, -0.25) is 4.79 Å². The van der Waals surface area contributed by atoms with Crippen LogP contribution >= 0.6 is 11.3 Å². The fraction of sp³-hybridized carbons (Fsp3) is 0.188. The number of hydrogen-bond donors (Lipinski definition) is 2. The number of carbonyl (C=O) groups excluding carboxylic acids is 1. The van der Waals surface area contributed by atoms with Crippen molar-refractivity contribution in [1.29, 1.82) is 0 Å². The number of nitrogens with one attached hydrogen (secondary N) is 1. The maximum absolute atomic E-state index is 11.8. The van der Waals surface area contributed by atoms with Crippen molar-refractivity contribution < 1.29 is 9.90 Å². The van der Waals surface area contributed by atoms with E-state index in [0.717, 1.165) is 29.0 Å². The van der Waals surface area contributed by atoms with Gasteiger partial charge in [-0.05, 0) is 48.1 Å². The molecule has 2 aromatic rings. The van der Waals surface area contributed by atoms with Gasteiger partial charge < -0.3 is 10.4 Å². The molecular weight excluding hydrogens is 270 g/mol. The van der Waals surface area contributed by atoms with Crippen LogP contribution in [-0.4, -0.2) is 17.6 Å². The van der Waals surface area contributed by atoms with Crippen LogP contribution in [0.25, 0.3) is 6.08 Å². The summed E-state index contributed by atoms with van der Waals surface area (Å²) in [5, 5.41) is 13.6. The largest absolute Gasteiger partial charge is 0.396 e. The van der Waals surface area contributed by atoms with Gasteiger partial charge in [0.2, 0.25) is 5.91 Å². The zero-order valence-electron chi connectivity index (χ0n) is 11.1. The summed E-state index contributed by atoms with van der Waals surface area (Å²) < 4.78 is 0. The van der Waals surface area contributed by atoms with Gasteiger partial charge >= 0.3 is 0 Å². The predicted molar refractivity (Wildman–Crippen MR) is 83.8 cm³/mol. The molecule has 0 aliphatic heterocycles. The Hall–Kier alpha value is -1.91. The van der Waals surface area contributed by atoms with Crippen LogP contribution in [0.15, 0.2) is 47.9 Å². The number of thiophene rings is 1. The highest BCUT2D eigenvalue weighted by atomic mass is 32.1. The van der Waals surface area contributed by atoms with E-state index in [2.05, 4.69) is 5.32 Å². The molecule has 0 unspecified atom stereocenters. The number of amides is 1. The predicted octanol–water partition coefficient (Wildman–Crippen LogP) is 3.32. The third-order valence-corrected chi connectivity index (χ3v) is 3.60. The second kappa shape index (κ2) is 7.62. The second-order valence-corrected chi connectivity index (χ2v) is 5.34. The van der Waals surface area contributed by atoms with Gasteiger partial charge in [-0.2, -0.15) is 0 Å². The molecule has 1 aromatic carbocycles. The molecule has 1 heterocycles. The molecule has 0 fully saturated rings. The van der Waals surface area contributed by atoms with E-state index in [1.807, 2.05) is 41.8 Å². The minimum Gasteiger partial charge on any atom is -0.396 e. The Labute approximate surface area is 122 Å². The number of aliphatic hydroxyl groups is 1. The number of anilines is 1. The van der Waals surface area contributed by atoms with Crippen LogP contribution in [-0.2, 0) is 11.2 Å². The van der Waals surface area contributed by atoms with Gasteiger partial charge in [0.1, 0.15) is 0 Å². The van der Waals surface area contributed by atoms with E-state index < -0.39 is 0 Å². The first-order valence-corrected chi connectivity index (χ1v) is 7.38. The molecule has 0 radical (unpaired) electrons. The molecule has 3 nitrogen and oxygen atoms in total. The zero-order chi connectivity index (χ0) is 14.2. The maximum atomic E-state index is 11.8. The molecule has 1 aromatic heterocycles. The highest BCUT2D eigenvalue weighted by Crippen LogP contribution is 2.13. The minimum absolute atomic E-state index is 0.141. The summed E-state index contributed by atoms with van der Waals surface area (Å²) in [7, 11) is 0. The molecule has 0 saturated heterocycles. The summed E-state index contributed by atoms with van der Waals surface area (Å²) in [6.07, 6.45) is 4.88. The van der Waals surface area contributed by atoms with E-state index in [0.29, 0.717) is 0 Å². The van der Waals surface area contributed by atoms with Crippen molar-refractivity contribution in [2.75, 3.05) is 11.9 Å². The Balaban J connectivity index is 1.93. The third-order valence-electron chi connectivity index (χ3n) is 2.76. The first kappa shape index (κ1) is 14.5. The Morgan fingerprint density at radius 1 is 1.30 bits per heavy atom. The van der Waals surface area contributed by atoms with Gasteiger partial charge in [0, 0.05) is 23.2 Å². The van der Waals surface area contributed by atoms with Crippen molar-refractivity contribution in [1.82, 2.24) is 0 Å². The fourth-order valence-corrected chi connectivity index (χ4v) is 2.43. The van der Waals surface area contributed by atoms with Crippen molar-refractivity contribution in [3.63, 3.8) is 0 Å². The van der Waals surface area contributed by atoms with E-state index in [9.17, 15) is 4.79 Å². The first-order chi connectivity index (χ1) is 9.78. The smallest absolute Gasteiger partial charge is 0.248 e. The van der Waals surface area contributed by atoms with Crippen molar-refractivity contribution in [3.8, 4) is 0 Å². The average molecular weight is 287 g/mol. The van der Waals surface area contributed by atoms with Crippen LogP contribution in [0.3, 0.4) is 0 Å². The number of aryl methyl sites for hydroxylation is 1. The molecule has 2 N–H and O–H groups in total. The Bertz CT molecular complexity index is 576. The summed E-state index contributed by atoms with van der Waals surface area (Å²) in [4.78, 5) is 12.9. The second-order valence-electron chi connectivity index (χ2n) is 4.37. The van der Waals surface area contributed by atoms with Gasteiger partial charge in [-0.15, -0.1) is 11.3 Å². The number of rotatable bonds is 6. The van der Waals surface area contributed by atoms with Crippen LogP contribution < -0.4 is 5.32 Å². The summed E-state index contributed by atoms with van der Waals surface area (Å²) in [6.45, 7) is 0.181. The molecule has 1 amide bonds. The van der Waals surface area contributed by atoms with Gasteiger partial charge in [0.05, 0.1) is 0 Å². The van der Waals surface area contributed by atoms with Gasteiger partial charge in [0.15, 0.2) is 0 Å². The topological polar surface area (TPSA) is 49.3 Å². The van der Waals surface area contributed by atoms with Gasteiger partial charge in [0.25, 0.3) is 0 Å². The molecule has 20 heavy (non-hydrogen) atoms. The van der Waals surface area contributed by atoms with Gasteiger partial charge in [-0.1, -0.05) is 18.2 Å². The molecule has 0 spiro atoms. The summed E-state index contributed by atoms with van der Waals surface area (Å²) >= 11 is 1.59. The van der Waals surface area contributed by atoms with E-state index in [1.54, 1.807) is 17.4 Å². The average Bonchev–Trinajstić information content (AvgIpc) is 2.97. The molecular formula is C16H17NO2S. The molecule has 0 atom stereocenters. The van der Waals surface area contributed by atoms with Crippen LogP contribution in [0.5, 0.6) is 0 Å². The maximum Gasteiger partial charge on any atom is 0.248 e. The normalized spacial score (nSPS) is 10.8. The van der Waals surface area contributed by atoms with Crippen molar-refractivity contribution in [2.45, 2.75) is 12.8 Å². The lowest BCUT2D eigenvalue weighted by Gasteiger charge is -2.05. The lowest BCUT2D eigenvalue weighted by molar-refractivity contribution is -0.111. The fourth-order valence-electron chi connectivity index (χ4n) is 1.82. The van der Waals surface area contributed by atoms with E-state index in [4.69, 9.17) is 5.11 Å². The van der Waals surface area contributed by atoms with E-state index in [1.165, 1.54) is 6.08 Å². The highest BCUT2D eigenvalue weighted by Gasteiger charge is 2.00. The molecule has 4 heteroatoms. The van der Waals surface area contributed by atoms with Crippen molar-refractivity contribution in [3.05, 3.63) is 58.3 Å². The van der Waals surface area contributed by atoms with Crippen LogP contribution in [0.2, 0.25) is 0 Å². The molecule has 2 rings (SSSR count). The summed E-state index contributed by atoms with van der Waals surface area (Å²) in [6, 6.07) is 11.6. The lowest BCUT2D eigenvalue weighted by atomic mass is 10.1. The van der Waals surface area contributed by atoms with Crippen LogP contribution in [0.1, 0.15) is 16.9 Å². The first-order valence-electron chi connectivity index (χ1n) is 6.50. The standard InChI is InChI=1S/C16H17NO2S/c18-10-2-5-13-4-1-6-14(12-13)17-16(19)9-8-15-7-3-11-20-15/h1,3-4,6-9,11-12,18H,2,5,10H2,(H,17,19)/b9-8+. The monoisotopic (exact) mass is 287 g/mol. The molecule has 0 saturated carbocycles. The Morgan fingerprint density at radius 3 is 2.95 bits per heavy atom. The summed E-state index contributed by atoms with van der Waals surface area (Å²) in [5.74, 6) is -0.141. The number of benzene rings is 1. The highest BCUT2D eigenvalue weighted by molar-refractivity contribution is 7.10. The van der Waals surface area contributed by atoms with Crippen LogP contribution in [0.4, 0.5) is 5.69 Å². The SMILES string of the molecule is O=C(/C=C/c1cccs1)Nc1cccc(CCCO)c1. The number of hydrogen-bond acceptors (Lipinski definition) is 3. The Morgan fingerprint density at radius 2 is 2.20 bits per heavy atom. The molecule has 0 bridgehead atoms. The number of aliphatic hydroxyl groups excluding tert-OH is 1. The van der Waals surface area contributed by atoms with Crippen LogP contribution in [0, 0.1) is 0 Å². The van der Waals surface area contributed by atoms with E-state index >= 15 is 0 Å². The Kier molecular flexibility index (Phi) is 5.53. The number of carbonyl (C=O) groups is 1. The molecule has 0 aliphatic rings. The van der Waals surface area contributed by atoms with E-state index in [-0.39, 0.29) is 12.5 Å². The molecule has 0 aliphatic carbocycles. The quantitative estimate of drug-likeness (QED) is 0.801. The van der Waals surface area contributed by atoms with Gasteiger partial charge in [-0.25, -0.2) is 0 Å². The molecule has 104 valence electrons. The minimum atomic E-state index is -0.141. The third kappa shape index (κ3) is 4.64. The van der Waals surface area contributed by atoms with Crippen molar-refractivity contribution in [2.24, 2.45) is 0 Å². The lowest BCUT2D eigenvalue weighted by Crippen LogP contribution is -2.07. The zero-order valence-corrected chi connectivity index (χ0v) is 11.9. The van der Waals surface area contributed by atoms with Crippen molar-refractivity contribution >= 4 is 29.0 Å². The summed E-state index contributed by atoms with van der Waals surface area (Å²) in [5.41, 5.74) is 1.89.